The van der Waals surface area contributed by atoms with Crippen molar-refractivity contribution >= 4 is 0 Å². The van der Waals surface area contributed by atoms with Crippen LogP contribution in [0.5, 0.6) is 11.5 Å². The van der Waals surface area contributed by atoms with Gasteiger partial charge in [0.2, 0.25) is 0 Å². The van der Waals surface area contributed by atoms with Gasteiger partial charge in [-0.05, 0) is 42.2 Å². The van der Waals surface area contributed by atoms with Gasteiger partial charge in [0, 0.05) is 6.42 Å². The SMILES string of the molecule is CCC(CC)Cc1ccc(OCCCOc2ccccc2)cc1. The molecule has 0 saturated carbocycles. The molecule has 0 saturated heterocycles. The standard InChI is InChI=1S/C21H28O2/c1-3-18(4-2)17-19-11-13-21(14-12-19)23-16-8-15-22-20-9-6-5-7-10-20/h5-7,9-14,18H,3-4,8,15-17H2,1-2H3. The molecule has 0 aliphatic carbocycles. The summed E-state index contributed by atoms with van der Waals surface area (Å²) in [5, 5.41) is 0. The van der Waals surface area contributed by atoms with Gasteiger partial charge in [-0.15, -0.1) is 0 Å². The fourth-order valence-corrected chi connectivity index (χ4v) is 2.59. The van der Waals surface area contributed by atoms with Gasteiger partial charge in [-0.2, -0.15) is 0 Å². The molecule has 2 rings (SSSR count). The molecule has 2 nitrogen and oxygen atoms in total. The van der Waals surface area contributed by atoms with Crippen molar-refractivity contribution in [2.75, 3.05) is 13.2 Å². The van der Waals surface area contributed by atoms with Crippen LogP contribution in [-0.2, 0) is 6.42 Å². The zero-order valence-corrected chi connectivity index (χ0v) is 14.3. The van der Waals surface area contributed by atoms with Crippen LogP contribution in [0.25, 0.3) is 0 Å². The molecule has 2 aromatic carbocycles. The number of benzene rings is 2. The molecule has 0 aromatic heterocycles. The van der Waals surface area contributed by atoms with E-state index in [1.165, 1.54) is 18.4 Å². The lowest BCUT2D eigenvalue weighted by Gasteiger charge is -2.13. The Morgan fingerprint density at radius 2 is 1.30 bits per heavy atom. The van der Waals surface area contributed by atoms with Crippen LogP contribution in [-0.4, -0.2) is 13.2 Å². The molecule has 0 radical (unpaired) electrons. The third-order valence-electron chi connectivity index (χ3n) is 4.17. The highest BCUT2D eigenvalue weighted by Gasteiger charge is 2.05. The number of ether oxygens (including phenoxy) is 2. The summed E-state index contributed by atoms with van der Waals surface area (Å²) in [7, 11) is 0. The van der Waals surface area contributed by atoms with Crippen molar-refractivity contribution in [3.63, 3.8) is 0 Å². The summed E-state index contributed by atoms with van der Waals surface area (Å²) in [5.41, 5.74) is 1.40. The first-order chi connectivity index (χ1) is 11.3. The minimum atomic E-state index is 0.677. The largest absolute Gasteiger partial charge is 0.493 e. The average molecular weight is 312 g/mol. The Morgan fingerprint density at radius 1 is 0.739 bits per heavy atom. The van der Waals surface area contributed by atoms with Crippen molar-refractivity contribution in [2.24, 2.45) is 5.92 Å². The van der Waals surface area contributed by atoms with Gasteiger partial charge < -0.3 is 9.47 Å². The highest BCUT2D eigenvalue weighted by molar-refractivity contribution is 5.27. The van der Waals surface area contributed by atoms with Crippen LogP contribution in [0.1, 0.15) is 38.7 Å². The highest BCUT2D eigenvalue weighted by atomic mass is 16.5. The molecule has 23 heavy (non-hydrogen) atoms. The van der Waals surface area contributed by atoms with Crippen molar-refractivity contribution in [1.82, 2.24) is 0 Å². The summed E-state index contributed by atoms with van der Waals surface area (Å²) < 4.78 is 11.4. The van der Waals surface area contributed by atoms with E-state index in [9.17, 15) is 0 Å². The first-order valence-electron chi connectivity index (χ1n) is 8.71. The fraction of sp³-hybridized carbons (Fsp3) is 0.429. The second-order valence-electron chi connectivity index (χ2n) is 5.89. The topological polar surface area (TPSA) is 18.5 Å². The third-order valence-corrected chi connectivity index (χ3v) is 4.17. The minimum absolute atomic E-state index is 0.677. The molecular weight excluding hydrogens is 284 g/mol. The van der Waals surface area contributed by atoms with Crippen LogP contribution in [0.4, 0.5) is 0 Å². The van der Waals surface area contributed by atoms with E-state index in [-0.39, 0.29) is 0 Å². The van der Waals surface area contributed by atoms with Crippen molar-refractivity contribution < 1.29 is 9.47 Å². The van der Waals surface area contributed by atoms with Crippen molar-refractivity contribution in [3.05, 3.63) is 60.2 Å². The monoisotopic (exact) mass is 312 g/mol. The van der Waals surface area contributed by atoms with Crippen molar-refractivity contribution in [3.8, 4) is 11.5 Å². The zero-order valence-electron chi connectivity index (χ0n) is 14.3. The second-order valence-corrected chi connectivity index (χ2v) is 5.89. The molecule has 0 heterocycles. The van der Waals surface area contributed by atoms with E-state index in [0.29, 0.717) is 13.2 Å². The lowest BCUT2D eigenvalue weighted by molar-refractivity contribution is 0.247. The summed E-state index contributed by atoms with van der Waals surface area (Å²) in [5.74, 6) is 2.65. The van der Waals surface area contributed by atoms with Crippen LogP contribution in [0.3, 0.4) is 0 Å². The van der Waals surface area contributed by atoms with E-state index in [2.05, 4.69) is 38.1 Å². The average Bonchev–Trinajstić information content (AvgIpc) is 2.61. The van der Waals surface area contributed by atoms with E-state index >= 15 is 0 Å². The third kappa shape index (κ3) is 6.35. The van der Waals surface area contributed by atoms with Crippen LogP contribution in [0.15, 0.2) is 54.6 Å². The van der Waals surface area contributed by atoms with Gasteiger partial charge in [0.25, 0.3) is 0 Å². The van der Waals surface area contributed by atoms with Gasteiger partial charge in [0.15, 0.2) is 0 Å². The van der Waals surface area contributed by atoms with Gasteiger partial charge in [-0.3, -0.25) is 0 Å². The van der Waals surface area contributed by atoms with Gasteiger partial charge in [0.1, 0.15) is 11.5 Å². The summed E-state index contributed by atoms with van der Waals surface area (Å²) in [4.78, 5) is 0. The van der Waals surface area contributed by atoms with E-state index in [4.69, 9.17) is 9.47 Å². The summed E-state index contributed by atoms with van der Waals surface area (Å²) in [6.45, 7) is 5.89. The summed E-state index contributed by atoms with van der Waals surface area (Å²) in [6.07, 6.45) is 4.54. The molecule has 0 spiro atoms. The quantitative estimate of drug-likeness (QED) is 0.538. The summed E-state index contributed by atoms with van der Waals surface area (Å²) in [6, 6.07) is 18.4. The van der Waals surface area contributed by atoms with E-state index in [1.54, 1.807) is 0 Å². The number of hydrogen-bond acceptors (Lipinski definition) is 2. The molecule has 0 N–H and O–H groups in total. The van der Waals surface area contributed by atoms with Gasteiger partial charge >= 0.3 is 0 Å². The van der Waals surface area contributed by atoms with E-state index < -0.39 is 0 Å². The van der Waals surface area contributed by atoms with Crippen molar-refractivity contribution in [1.29, 1.82) is 0 Å². The molecule has 2 heteroatoms. The molecule has 0 aliphatic rings. The molecule has 0 aliphatic heterocycles. The Morgan fingerprint density at radius 3 is 1.87 bits per heavy atom. The predicted octanol–water partition coefficient (Wildman–Crippen LogP) is 5.51. The predicted molar refractivity (Wildman–Crippen MR) is 96.3 cm³/mol. The molecule has 0 atom stereocenters. The molecule has 0 amide bonds. The lowest BCUT2D eigenvalue weighted by atomic mass is 9.95. The number of para-hydroxylation sites is 1. The Kier molecular flexibility index (Phi) is 7.51. The van der Waals surface area contributed by atoms with E-state index in [1.807, 2.05) is 30.3 Å². The number of hydrogen-bond donors (Lipinski definition) is 0. The smallest absolute Gasteiger partial charge is 0.119 e. The maximum Gasteiger partial charge on any atom is 0.119 e. The Labute approximate surface area is 140 Å². The van der Waals surface area contributed by atoms with Gasteiger partial charge in [-0.1, -0.05) is 57.0 Å². The van der Waals surface area contributed by atoms with E-state index in [0.717, 1.165) is 30.3 Å². The van der Waals surface area contributed by atoms with Crippen LogP contribution < -0.4 is 9.47 Å². The summed E-state index contributed by atoms with van der Waals surface area (Å²) >= 11 is 0. The lowest BCUT2D eigenvalue weighted by Crippen LogP contribution is -2.05. The maximum atomic E-state index is 5.78. The van der Waals surface area contributed by atoms with Crippen LogP contribution in [0.2, 0.25) is 0 Å². The highest BCUT2D eigenvalue weighted by Crippen LogP contribution is 2.18. The van der Waals surface area contributed by atoms with Gasteiger partial charge in [0.05, 0.1) is 13.2 Å². The fourth-order valence-electron chi connectivity index (χ4n) is 2.59. The molecular formula is C21H28O2. The Hall–Kier alpha value is -1.96. The van der Waals surface area contributed by atoms with Crippen LogP contribution >= 0.6 is 0 Å². The minimum Gasteiger partial charge on any atom is -0.493 e. The second kappa shape index (κ2) is 9.94. The van der Waals surface area contributed by atoms with Gasteiger partial charge in [-0.25, -0.2) is 0 Å². The zero-order chi connectivity index (χ0) is 16.3. The Balaban J connectivity index is 1.66. The normalized spacial score (nSPS) is 10.7. The maximum absolute atomic E-state index is 5.78. The number of rotatable bonds is 10. The molecule has 0 unspecified atom stereocenters. The first kappa shape index (κ1) is 17.4. The molecule has 0 bridgehead atoms. The molecule has 0 fully saturated rings. The molecule has 124 valence electrons. The van der Waals surface area contributed by atoms with Crippen molar-refractivity contribution in [2.45, 2.75) is 39.5 Å². The molecule has 2 aromatic rings. The Bertz CT molecular complexity index is 530. The van der Waals surface area contributed by atoms with Crippen LogP contribution in [0, 0.1) is 5.92 Å². The first-order valence-corrected chi connectivity index (χ1v) is 8.71.